The number of rotatable bonds is 41. The summed E-state index contributed by atoms with van der Waals surface area (Å²) in [5.74, 6) is -1.91. The summed E-state index contributed by atoms with van der Waals surface area (Å²) in [6, 6.07) is -0.754. The van der Waals surface area contributed by atoms with Crippen molar-refractivity contribution < 1.29 is 38.2 Å². The van der Waals surface area contributed by atoms with E-state index in [0.29, 0.717) is 12.8 Å². The van der Waals surface area contributed by atoms with Crippen LogP contribution in [0, 0.1) is 0 Å². The fourth-order valence-corrected chi connectivity index (χ4v) is 6.04. The molecule has 0 saturated carbocycles. The van der Waals surface area contributed by atoms with Crippen LogP contribution in [0.4, 0.5) is 0 Å². The predicted molar refractivity (Wildman–Crippen MR) is 272 cm³/mol. The molecular weight excluding hydrogens is 811 g/mol. The van der Waals surface area contributed by atoms with Gasteiger partial charge in [-0.25, -0.2) is 0 Å². The molecule has 8 heteroatoms. The molecule has 0 aromatic carbocycles. The van der Waals surface area contributed by atoms with E-state index in [9.17, 15) is 19.5 Å². The van der Waals surface area contributed by atoms with Crippen molar-refractivity contribution in [1.29, 1.82) is 0 Å². The first-order valence-corrected chi connectivity index (χ1v) is 24.4. The summed E-state index contributed by atoms with van der Waals surface area (Å²) in [6.07, 6.45) is 67.5. The number of carbonyl (C=O) groups is 3. The highest BCUT2D eigenvalue weighted by atomic mass is 16.6. The Labute approximate surface area is 395 Å². The highest BCUT2D eigenvalue weighted by Crippen LogP contribution is 2.11. The summed E-state index contributed by atoms with van der Waals surface area (Å²) in [4.78, 5) is 37.0. The second kappa shape index (κ2) is 45.8. The van der Waals surface area contributed by atoms with Crippen LogP contribution in [0.5, 0.6) is 0 Å². The minimum Gasteiger partial charge on any atom is -0.544 e. The molecule has 0 aliphatic carbocycles. The Morgan fingerprint density at radius 2 is 0.846 bits per heavy atom. The minimum atomic E-state index is -1.15. The molecule has 0 aromatic heterocycles. The molecule has 65 heavy (non-hydrogen) atoms. The molecule has 0 aliphatic heterocycles. The third-order valence-corrected chi connectivity index (χ3v) is 9.73. The molecule has 8 nitrogen and oxygen atoms in total. The van der Waals surface area contributed by atoms with Crippen LogP contribution in [0.1, 0.15) is 142 Å². The van der Waals surface area contributed by atoms with Crippen LogP contribution in [0.25, 0.3) is 0 Å². The van der Waals surface area contributed by atoms with Gasteiger partial charge in [0.05, 0.1) is 40.3 Å². The SMILES string of the molecule is CC/C=C/C/C=C/C/C=C/C/C=C/C/C=C/C/C=C/CCCCCC(=O)OC(COCCC(C(=O)[O-])[N+](C)(C)C)COC(=O)CC/C=C/C/C=C/C/C=C/C/C=C/C/C=C/C/C=C/CC. The Balaban J connectivity index is 4.51. The number of allylic oxidation sites excluding steroid dienone is 24. The molecule has 0 fully saturated rings. The van der Waals surface area contributed by atoms with Crippen molar-refractivity contribution in [3.63, 3.8) is 0 Å². The highest BCUT2D eigenvalue weighted by molar-refractivity contribution is 5.70. The van der Waals surface area contributed by atoms with Crippen molar-refractivity contribution in [2.24, 2.45) is 0 Å². The summed E-state index contributed by atoms with van der Waals surface area (Å²) in [5.41, 5.74) is 0. The summed E-state index contributed by atoms with van der Waals surface area (Å²) in [6.45, 7) is 4.29. The summed E-state index contributed by atoms with van der Waals surface area (Å²) < 4.78 is 17.1. The van der Waals surface area contributed by atoms with E-state index in [4.69, 9.17) is 14.2 Å². The van der Waals surface area contributed by atoms with Gasteiger partial charge in [-0.1, -0.05) is 166 Å². The third-order valence-electron chi connectivity index (χ3n) is 9.73. The van der Waals surface area contributed by atoms with Gasteiger partial charge in [0.1, 0.15) is 12.6 Å². The normalized spacial score (nSPS) is 14.2. The van der Waals surface area contributed by atoms with Crippen LogP contribution in [-0.4, -0.2) is 75.5 Å². The van der Waals surface area contributed by atoms with Crippen LogP contribution < -0.4 is 5.11 Å². The van der Waals surface area contributed by atoms with Gasteiger partial charge < -0.3 is 28.6 Å². The van der Waals surface area contributed by atoms with Crippen LogP contribution in [0.3, 0.4) is 0 Å². The maximum absolute atomic E-state index is 12.8. The second-order valence-electron chi connectivity index (χ2n) is 16.6. The first-order valence-electron chi connectivity index (χ1n) is 24.4. The van der Waals surface area contributed by atoms with Crippen molar-refractivity contribution in [2.75, 3.05) is 41.0 Å². The lowest BCUT2D eigenvalue weighted by Gasteiger charge is -2.34. The van der Waals surface area contributed by atoms with Crippen molar-refractivity contribution in [2.45, 2.75) is 154 Å². The molecule has 0 N–H and O–H groups in total. The third kappa shape index (κ3) is 44.2. The molecule has 0 bridgehead atoms. The van der Waals surface area contributed by atoms with Crippen LogP contribution in [-0.2, 0) is 28.6 Å². The zero-order valence-electron chi connectivity index (χ0n) is 41.1. The van der Waals surface area contributed by atoms with Gasteiger partial charge in [-0.05, 0) is 103 Å². The molecule has 0 radical (unpaired) electrons. The highest BCUT2D eigenvalue weighted by Gasteiger charge is 2.25. The van der Waals surface area contributed by atoms with Crippen molar-refractivity contribution in [1.82, 2.24) is 0 Å². The molecule has 0 spiro atoms. The van der Waals surface area contributed by atoms with Gasteiger partial charge in [0.25, 0.3) is 0 Å². The van der Waals surface area contributed by atoms with Gasteiger partial charge >= 0.3 is 11.9 Å². The first-order chi connectivity index (χ1) is 31.6. The van der Waals surface area contributed by atoms with Gasteiger partial charge in [-0.2, -0.15) is 0 Å². The molecule has 2 unspecified atom stereocenters. The van der Waals surface area contributed by atoms with Crippen molar-refractivity contribution >= 4 is 17.9 Å². The monoisotopic (exact) mass is 898 g/mol. The van der Waals surface area contributed by atoms with Crippen molar-refractivity contribution in [3.05, 3.63) is 146 Å². The number of esters is 2. The molecule has 0 amide bonds. The van der Waals surface area contributed by atoms with Gasteiger partial charge in [0.15, 0.2) is 6.10 Å². The molecule has 0 aliphatic rings. The molecule has 0 aromatic rings. The second-order valence-corrected chi connectivity index (χ2v) is 16.6. The Morgan fingerprint density at radius 1 is 0.462 bits per heavy atom. The number of carboxylic acids is 1. The van der Waals surface area contributed by atoms with Gasteiger partial charge in [-0.3, -0.25) is 9.59 Å². The van der Waals surface area contributed by atoms with Gasteiger partial charge in [0.2, 0.25) is 0 Å². The van der Waals surface area contributed by atoms with Gasteiger partial charge in [-0.15, -0.1) is 0 Å². The lowest BCUT2D eigenvalue weighted by atomic mass is 10.1. The molecule has 0 rings (SSSR count). The van der Waals surface area contributed by atoms with E-state index < -0.39 is 18.1 Å². The molecule has 0 heterocycles. The fraction of sp³-hybridized carbons (Fsp3) is 0.526. The topological polar surface area (TPSA) is 102 Å². The number of hydrogen-bond acceptors (Lipinski definition) is 7. The van der Waals surface area contributed by atoms with E-state index in [-0.39, 0.29) is 55.5 Å². The van der Waals surface area contributed by atoms with Crippen LogP contribution in [0.2, 0.25) is 0 Å². The lowest BCUT2D eigenvalue weighted by Crippen LogP contribution is -2.55. The van der Waals surface area contributed by atoms with Crippen molar-refractivity contribution in [3.8, 4) is 0 Å². The zero-order chi connectivity index (χ0) is 47.7. The lowest BCUT2D eigenvalue weighted by molar-refractivity contribution is -0.889. The largest absolute Gasteiger partial charge is 0.544 e. The van der Waals surface area contributed by atoms with E-state index in [1.165, 1.54) is 0 Å². The Bertz CT molecular complexity index is 1560. The number of carboxylic acid groups (broad SMARTS) is 1. The molecule has 0 saturated heterocycles. The van der Waals surface area contributed by atoms with E-state index in [1.54, 1.807) is 21.1 Å². The number of likely N-dealkylation sites (N-methyl/N-ethyl adjacent to an activating group) is 1. The maximum atomic E-state index is 12.8. The van der Waals surface area contributed by atoms with E-state index in [2.05, 4.69) is 148 Å². The number of nitrogens with zero attached hydrogens (tertiary/aromatic N) is 1. The molecule has 362 valence electrons. The molecule has 2 atom stereocenters. The number of carbonyl (C=O) groups excluding carboxylic acids is 3. The maximum Gasteiger partial charge on any atom is 0.306 e. The summed E-state index contributed by atoms with van der Waals surface area (Å²) in [7, 11) is 5.36. The summed E-state index contributed by atoms with van der Waals surface area (Å²) in [5, 5.41) is 11.7. The fourth-order valence-electron chi connectivity index (χ4n) is 6.04. The number of quaternary nitrogens is 1. The number of ether oxygens (including phenoxy) is 3. The first kappa shape index (κ1) is 60.2. The van der Waals surface area contributed by atoms with E-state index in [0.717, 1.165) is 96.3 Å². The zero-order valence-corrected chi connectivity index (χ0v) is 41.1. The van der Waals surface area contributed by atoms with Crippen LogP contribution >= 0.6 is 0 Å². The van der Waals surface area contributed by atoms with Crippen LogP contribution in [0.15, 0.2) is 146 Å². The van der Waals surface area contributed by atoms with E-state index >= 15 is 0 Å². The minimum absolute atomic E-state index is 0.00817. The number of aliphatic carboxylic acids is 1. The average molecular weight is 898 g/mol. The Kier molecular flexibility index (Phi) is 42.4. The predicted octanol–water partition coefficient (Wildman–Crippen LogP) is 12.8. The Morgan fingerprint density at radius 3 is 1.23 bits per heavy atom. The average Bonchev–Trinajstić information content (AvgIpc) is 3.27. The quantitative estimate of drug-likeness (QED) is 0.0261. The van der Waals surface area contributed by atoms with E-state index in [1.807, 2.05) is 12.2 Å². The summed E-state index contributed by atoms with van der Waals surface area (Å²) >= 11 is 0. The Hall–Kier alpha value is -4.79. The molecular formula is C57H87NO7. The van der Waals surface area contributed by atoms with Gasteiger partial charge in [0, 0.05) is 19.3 Å². The number of hydrogen-bond donors (Lipinski definition) is 0. The smallest absolute Gasteiger partial charge is 0.306 e. The number of unbranched alkanes of at least 4 members (excludes halogenated alkanes) is 3. The standard InChI is InChI=1S/C57H87NO7/c1-6-8-10-12-14-16-18-20-22-24-26-27-28-30-32-34-36-38-40-42-44-46-48-56(60)65-53(51-63-50-49-54(57(61)62)58(3,4)5)52-64-55(59)47-45-43-41-39-37-35-33-31-29-25-23-21-19-17-15-13-11-9-7-2/h8-11,14-17,20-23,26-27,29-32,35-38,41,43,53-54H,6-7,12-13,18-19,24-25,28,33-34,39-40,42,44-52H2,1-5H3/b10-8+,11-9+,16-14+,17-15+,22-20+,23-21+,27-26+,31-29+,32-30+,37-35+,38-36+,43-41+.